The molecular formula is C9H18BrNOS. The van der Waals surface area contributed by atoms with Crippen molar-refractivity contribution in [2.75, 3.05) is 37.0 Å². The second kappa shape index (κ2) is 6.27. The summed E-state index contributed by atoms with van der Waals surface area (Å²) in [6.45, 7) is 5.39. The van der Waals surface area contributed by atoms with Gasteiger partial charge in [0.25, 0.3) is 0 Å². The average molecular weight is 268 g/mol. The Balaban J connectivity index is 2.31. The number of morpholine rings is 1. The van der Waals surface area contributed by atoms with Crippen molar-refractivity contribution in [3.8, 4) is 0 Å². The Hall–Kier alpha value is 0.750. The number of hydrogen-bond donors (Lipinski definition) is 0. The summed E-state index contributed by atoms with van der Waals surface area (Å²) in [5, 5.41) is 0.954. The van der Waals surface area contributed by atoms with E-state index in [4.69, 9.17) is 4.74 Å². The SMILES string of the molecule is CSCCN1CC(CBr)OCC1C. The van der Waals surface area contributed by atoms with Gasteiger partial charge in [0.1, 0.15) is 0 Å². The lowest BCUT2D eigenvalue weighted by molar-refractivity contribution is -0.0440. The fraction of sp³-hybridized carbons (Fsp3) is 1.00. The zero-order valence-electron chi connectivity index (χ0n) is 8.33. The van der Waals surface area contributed by atoms with Crippen LogP contribution in [0.25, 0.3) is 0 Å². The fourth-order valence-corrected chi connectivity index (χ4v) is 2.30. The number of thioether (sulfide) groups is 1. The molecule has 78 valence electrons. The number of hydrogen-bond acceptors (Lipinski definition) is 3. The molecule has 1 heterocycles. The molecule has 1 fully saturated rings. The van der Waals surface area contributed by atoms with E-state index in [1.807, 2.05) is 11.8 Å². The van der Waals surface area contributed by atoms with Crippen molar-refractivity contribution in [1.29, 1.82) is 0 Å². The predicted molar refractivity (Wildman–Crippen MR) is 63.0 cm³/mol. The maximum Gasteiger partial charge on any atom is 0.0799 e. The standard InChI is InChI=1S/C9H18BrNOS/c1-8-7-12-9(5-10)6-11(8)3-4-13-2/h8-9H,3-7H2,1-2H3. The van der Waals surface area contributed by atoms with E-state index < -0.39 is 0 Å². The van der Waals surface area contributed by atoms with Gasteiger partial charge >= 0.3 is 0 Å². The molecule has 0 saturated carbocycles. The third-order valence-electron chi connectivity index (χ3n) is 2.39. The van der Waals surface area contributed by atoms with Gasteiger partial charge in [-0.2, -0.15) is 11.8 Å². The van der Waals surface area contributed by atoms with E-state index in [1.54, 1.807) is 0 Å². The van der Waals surface area contributed by atoms with Crippen molar-refractivity contribution in [2.24, 2.45) is 0 Å². The Bertz CT molecular complexity index is 148. The number of ether oxygens (including phenoxy) is 1. The molecule has 0 bridgehead atoms. The van der Waals surface area contributed by atoms with Gasteiger partial charge in [-0.25, -0.2) is 0 Å². The van der Waals surface area contributed by atoms with Crippen LogP contribution in [0, 0.1) is 0 Å². The number of halogens is 1. The summed E-state index contributed by atoms with van der Waals surface area (Å²) in [6, 6.07) is 0.586. The Morgan fingerprint density at radius 2 is 2.38 bits per heavy atom. The lowest BCUT2D eigenvalue weighted by Gasteiger charge is -2.37. The van der Waals surface area contributed by atoms with Crippen LogP contribution in [0.1, 0.15) is 6.92 Å². The molecule has 1 rings (SSSR count). The van der Waals surface area contributed by atoms with Crippen molar-refractivity contribution in [3.05, 3.63) is 0 Å². The summed E-state index contributed by atoms with van der Waals surface area (Å²) in [7, 11) is 0. The van der Waals surface area contributed by atoms with Crippen LogP contribution in [0.15, 0.2) is 0 Å². The molecule has 2 unspecified atom stereocenters. The van der Waals surface area contributed by atoms with Crippen LogP contribution in [0.5, 0.6) is 0 Å². The Kier molecular flexibility index (Phi) is 5.71. The van der Waals surface area contributed by atoms with Gasteiger partial charge in [-0.05, 0) is 13.2 Å². The maximum absolute atomic E-state index is 5.65. The number of rotatable bonds is 4. The third kappa shape index (κ3) is 3.78. The summed E-state index contributed by atoms with van der Waals surface area (Å²) < 4.78 is 5.65. The van der Waals surface area contributed by atoms with Crippen LogP contribution in [-0.2, 0) is 4.74 Å². The summed E-state index contributed by atoms with van der Waals surface area (Å²) in [6.07, 6.45) is 2.55. The van der Waals surface area contributed by atoms with Gasteiger partial charge in [-0.15, -0.1) is 0 Å². The van der Waals surface area contributed by atoms with E-state index in [-0.39, 0.29) is 0 Å². The van der Waals surface area contributed by atoms with Gasteiger partial charge in [0.15, 0.2) is 0 Å². The lowest BCUT2D eigenvalue weighted by atomic mass is 10.2. The van der Waals surface area contributed by atoms with E-state index in [0.29, 0.717) is 12.1 Å². The second-order valence-corrected chi connectivity index (χ2v) is 5.08. The highest BCUT2D eigenvalue weighted by atomic mass is 79.9. The van der Waals surface area contributed by atoms with E-state index in [0.717, 1.165) is 18.5 Å². The van der Waals surface area contributed by atoms with Crippen molar-refractivity contribution in [3.63, 3.8) is 0 Å². The van der Waals surface area contributed by atoms with Crippen LogP contribution in [0.2, 0.25) is 0 Å². The third-order valence-corrected chi connectivity index (χ3v) is 3.70. The first-order valence-corrected chi connectivity index (χ1v) is 7.20. The van der Waals surface area contributed by atoms with Crippen LogP contribution >= 0.6 is 27.7 Å². The second-order valence-electron chi connectivity index (χ2n) is 3.45. The molecule has 0 aromatic carbocycles. The minimum absolute atomic E-state index is 0.387. The summed E-state index contributed by atoms with van der Waals surface area (Å²) in [5.74, 6) is 1.22. The first kappa shape index (κ1) is 11.8. The van der Waals surface area contributed by atoms with Gasteiger partial charge in [0.2, 0.25) is 0 Å². The first-order chi connectivity index (χ1) is 6.27. The molecule has 0 aromatic rings. The zero-order chi connectivity index (χ0) is 9.68. The van der Waals surface area contributed by atoms with Crippen molar-refractivity contribution >= 4 is 27.7 Å². The predicted octanol–water partition coefficient (Wildman–Crippen LogP) is 1.83. The highest BCUT2D eigenvalue weighted by Gasteiger charge is 2.24. The topological polar surface area (TPSA) is 12.5 Å². The summed E-state index contributed by atoms with van der Waals surface area (Å²) in [4.78, 5) is 2.52. The van der Waals surface area contributed by atoms with E-state index >= 15 is 0 Å². The van der Waals surface area contributed by atoms with Crippen molar-refractivity contribution in [1.82, 2.24) is 4.90 Å². The van der Waals surface area contributed by atoms with Gasteiger partial charge < -0.3 is 4.74 Å². The number of alkyl halides is 1. The molecule has 0 N–H and O–H groups in total. The Labute approximate surface area is 93.5 Å². The monoisotopic (exact) mass is 267 g/mol. The van der Waals surface area contributed by atoms with Crippen LogP contribution in [0.3, 0.4) is 0 Å². The minimum atomic E-state index is 0.387. The highest BCUT2D eigenvalue weighted by Crippen LogP contribution is 2.13. The summed E-state index contributed by atoms with van der Waals surface area (Å²) >= 11 is 5.38. The molecule has 4 heteroatoms. The van der Waals surface area contributed by atoms with Crippen LogP contribution in [0.4, 0.5) is 0 Å². The van der Waals surface area contributed by atoms with Crippen molar-refractivity contribution in [2.45, 2.75) is 19.1 Å². The molecule has 0 aliphatic carbocycles. The zero-order valence-corrected chi connectivity index (χ0v) is 10.7. The molecule has 2 nitrogen and oxygen atoms in total. The molecule has 2 atom stereocenters. The van der Waals surface area contributed by atoms with Gasteiger partial charge in [0, 0.05) is 30.2 Å². The van der Waals surface area contributed by atoms with Crippen LogP contribution in [-0.4, -0.2) is 54.1 Å². The van der Waals surface area contributed by atoms with Gasteiger partial charge in [0.05, 0.1) is 12.7 Å². The molecule has 0 spiro atoms. The molecule has 1 aliphatic rings. The molecule has 0 radical (unpaired) electrons. The minimum Gasteiger partial charge on any atom is -0.374 e. The molecule has 1 saturated heterocycles. The fourth-order valence-electron chi connectivity index (χ4n) is 1.49. The largest absolute Gasteiger partial charge is 0.374 e. The Morgan fingerprint density at radius 1 is 1.62 bits per heavy atom. The van der Waals surface area contributed by atoms with Gasteiger partial charge in [-0.3, -0.25) is 4.90 Å². The molecule has 0 aromatic heterocycles. The number of nitrogens with zero attached hydrogens (tertiary/aromatic N) is 1. The highest BCUT2D eigenvalue weighted by molar-refractivity contribution is 9.09. The smallest absolute Gasteiger partial charge is 0.0799 e. The molecule has 13 heavy (non-hydrogen) atoms. The average Bonchev–Trinajstić information content (AvgIpc) is 2.17. The first-order valence-electron chi connectivity index (χ1n) is 4.68. The molecule has 1 aliphatic heterocycles. The quantitative estimate of drug-likeness (QED) is 0.722. The van der Waals surface area contributed by atoms with Crippen molar-refractivity contribution < 1.29 is 4.74 Å². The molecular weight excluding hydrogens is 250 g/mol. The maximum atomic E-state index is 5.65. The normalized spacial score (nSPS) is 30.7. The lowest BCUT2D eigenvalue weighted by Crippen LogP contribution is -2.49. The van der Waals surface area contributed by atoms with E-state index in [2.05, 4.69) is 34.0 Å². The molecule has 0 amide bonds. The van der Waals surface area contributed by atoms with Gasteiger partial charge in [-0.1, -0.05) is 15.9 Å². The van der Waals surface area contributed by atoms with Crippen LogP contribution < -0.4 is 0 Å². The van der Waals surface area contributed by atoms with E-state index in [9.17, 15) is 0 Å². The van der Waals surface area contributed by atoms with E-state index in [1.165, 1.54) is 12.3 Å². The Morgan fingerprint density at radius 3 is 3.00 bits per heavy atom. The summed E-state index contributed by atoms with van der Waals surface area (Å²) in [5.41, 5.74) is 0.